The van der Waals surface area contributed by atoms with Crippen LogP contribution in [0.2, 0.25) is 0 Å². The van der Waals surface area contributed by atoms with E-state index >= 15 is 0 Å². The lowest BCUT2D eigenvalue weighted by Gasteiger charge is -2.34. The Bertz CT molecular complexity index is 487. The molecule has 0 aromatic carbocycles. The third-order valence-corrected chi connectivity index (χ3v) is 2.98. The molecule has 8 heteroatoms. The van der Waals surface area contributed by atoms with Crippen molar-refractivity contribution in [1.29, 1.82) is 15.8 Å². The molecule has 0 aliphatic carbocycles. The second-order valence-electron chi connectivity index (χ2n) is 5.40. The van der Waals surface area contributed by atoms with Gasteiger partial charge in [0.1, 0.15) is 5.54 Å². The van der Waals surface area contributed by atoms with Gasteiger partial charge >= 0.3 is 0 Å². The standard InChI is InChI=1S/C17H24N4O4/c1-15(2)16(22)21-17(12-23-9-3-6-18,13-24-10-4-7-19)14-25-11-5-8-20/h1,3-5,9-14H2,2H3,(H,21,22). The van der Waals surface area contributed by atoms with Gasteiger partial charge in [0, 0.05) is 5.57 Å². The predicted octanol–water partition coefficient (Wildman–Crippen LogP) is 1.21. The van der Waals surface area contributed by atoms with Crippen molar-refractivity contribution < 1.29 is 19.0 Å². The van der Waals surface area contributed by atoms with Crippen molar-refractivity contribution in [1.82, 2.24) is 5.32 Å². The molecule has 0 unspecified atom stereocenters. The predicted molar refractivity (Wildman–Crippen MR) is 88.8 cm³/mol. The highest BCUT2D eigenvalue weighted by atomic mass is 16.5. The van der Waals surface area contributed by atoms with Crippen LogP contribution in [0.4, 0.5) is 0 Å². The van der Waals surface area contributed by atoms with Gasteiger partial charge in [-0.15, -0.1) is 0 Å². The van der Waals surface area contributed by atoms with Crippen LogP contribution in [0.5, 0.6) is 0 Å². The zero-order valence-electron chi connectivity index (χ0n) is 14.5. The van der Waals surface area contributed by atoms with Crippen molar-refractivity contribution in [2.75, 3.05) is 39.6 Å². The SMILES string of the molecule is C=C(C)C(=O)NC(COCCC#N)(COCCC#N)COCCC#N. The van der Waals surface area contributed by atoms with Crippen molar-refractivity contribution in [3.05, 3.63) is 12.2 Å². The minimum absolute atomic E-state index is 0.0623. The summed E-state index contributed by atoms with van der Waals surface area (Å²) in [6.07, 6.45) is 0.652. The van der Waals surface area contributed by atoms with E-state index in [4.69, 9.17) is 30.0 Å². The van der Waals surface area contributed by atoms with Crippen LogP contribution >= 0.6 is 0 Å². The van der Waals surface area contributed by atoms with Gasteiger partial charge in [-0.05, 0) is 6.92 Å². The second-order valence-corrected chi connectivity index (χ2v) is 5.40. The van der Waals surface area contributed by atoms with Crippen LogP contribution < -0.4 is 5.32 Å². The summed E-state index contributed by atoms with van der Waals surface area (Å²) in [5, 5.41) is 28.6. The summed E-state index contributed by atoms with van der Waals surface area (Å²) < 4.78 is 16.4. The lowest BCUT2D eigenvalue weighted by atomic mass is 10.0. The Kier molecular flexibility index (Phi) is 12.6. The molecule has 0 aromatic heterocycles. The van der Waals surface area contributed by atoms with E-state index in [0.29, 0.717) is 5.57 Å². The van der Waals surface area contributed by atoms with Crippen LogP contribution in [0.1, 0.15) is 26.2 Å². The van der Waals surface area contributed by atoms with Gasteiger partial charge in [-0.25, -0.2) is 0 Å². The van der Waals surface area contributed by atoms with Crippen LogP contribution in [-0.2, 0) is 19.0 Å². The van der Waals surface area contributed by atoms with E-state index in [1.165, 1.54) is 0 Å². The number of carbonyl (C=O) groups excluding carboxylic acids is 1. The summed E-state index contributed by atoms with van der Waals surface area (Å²) in [6, 6.07) is 5.92. The maximum absolute atomic E-state index is 12.1. The normalized spacial score (nSPS) is 10.3. The molecule has 1 N–H and O–H groups in total. The molecule has 0 fully saturated rings. The Morgan fingerprint density at radius 1 is 0.920 bits per heavy atom. The topological polar surface area (TPSA) is 128 Å². The number of carbonyl (C=O) groups is 1. The van der Waals surface area contributed by atoms with Gasteiger partial charge in [-0.1, -0.05) is 6.58 Å². The fourth-order valence-electron chi connectivity index (χ4n) is 1.74. The van der Waals surface area contributed by atoms with Crippen LogP contribution in [-0.4, -0.2) is 51.1 Å². The summed E-state index contributed by atoms with van der Waals surface area (Å²) in [7, 11) is 0. The molecule has 0 rings (SSSR count). The van der Waals surface area contributed by atoms with Crippen LogP contribution in [0.3, 0.4) is 0 Å². The second kappa shape index (κ2) is 13.9. The number of amides is 1. The molecule has 0 radical (unpaired) electrons. The maximum atomic E-state index is 12.1. The Balaban J connectivity index is 5.03. The average Bonchev–Trinajstić information content (AvgIpc) is 2.59. The highest BCUT2D eigenvalue weighted by Crippen LogP contribution is 2.11. The smallest absolute Gasteiger partial charge is 0.246 e. The lowest BCUT2D eigenvalue weighted by Crippen LogP contribution is -2.58. The quantitative estimate of drug-likeness (QED) is 0.369. The third kappa shape index (κ3) is 10.9. The molecule has 0 saturated carbocycles. The van der Waals surface area contributed by atoms with E-state index in [1.54, 1.807) is 6.92 Å². The molecular weight excluding hydrogens is 324 g/mol. The van der Waals surface area contributed by atoms with Gasteiger partial charge in [0.25, 0.3) is 0 Å². The molecule has 0 saturated heterocycles. The number of rotatable bonds is 14. The van der Waals surface area contributed by atoms with Crippen LogP contribution in [0.25, 0.3) is 0 Å². The van der Waals surface area contributed by atoms with Crippen LogP contribution in [0.15, 0.2) is 12.2 Å². The van der Waals surface area contributed by atoms with Gasteiger partial charge in [-0.3, -0.25) is 4.79 Å². The number of ether oxygens (including phenoxy) is 3. The van der Waals surface area contributed by atoms with Crippen molar-refractivity contribution in [2.24, 2.45) is 0 Å². The fourth-order valence-corrected chi connectivity index (χ4v) is 1.74. The third-order valence-electron chi connectivity index (χ3n) is 2.98. The van der Waals surface area contributed by atoms with Crippen molar-refractivity contribution in [3.8, 4) is 18.2 Å². The minimum atomic E-state index is -1.00. The van der Waals surface area contributed by atoms with E-state index < -0.39 is 5.54 Å². The molecule has 0 aliphatic heterocycles. The monoisotopic (exact) mass is 348 g/mol. The van der Waals surface area contributed by atoms with Gasteiger partial charge in [0.2, 0.25) is 5.91 Å². The molecule has 1 amide bonds. The summed E-state index contributed by atoms with van der Waals surface area (Å²) in [6.45, 7) is 5.98. The molecule has 0 atom stereocenters. The van der Waals surface area contributed by atoms with E-state index in [0.717, 1.165) is 0 Å². The zero-order valence-corrected chi connectivity index (χ0v) is 14.5. The van der Waals surface area contributed by atoms with E-state index in [9.17, 15) is 4.79 Å². The van der Waals surface area contributed by atoms with Crippen molar-refractivity contribution in [3.63, 3.8) is 0 Å². The summed E-state index contributed by atoms with van der Waals surface area (Å²) in [5.74, 6) is -0.378. The molecule has 8 nitrogen and oxygen atoms in total. The van der Waals surface area contributed by atoms with Gasteiger partial charge < -0.3 is 19.5 Å². The number of hydrogen-bond acceptors (Lipinski definition) is 7. The fraction of sp³-hybridized carbons (Fsp3) is 0.647. The summed E-state index contributed by atoms with van der Waals surface area (Å²) in [4.78, 5) is 12.1. The molecular formula is C17H24N4O4. The van der Waals surface area contributed by atoms with Gasteiger partial charge in [-0.2, -0.15) is 15.8 Å². The average molecular weight is 348 g/mol. The number of nitriles is 3. The molecule has 0 bridgehead atoms. The first-order valence-electron chi connectivity index (χ1n) is 7.83. The largest absolute Gasteiger partial charge is 0.378 e. The molecule has 0 spiro atoms. The minimum Gasteiger partial charge on any atom is -0.378 e. The molecule has 0 heterocycles. The van der Waals surface area contributed by atoms with E-state index in [-0.39, 0.29) is 64.8 Å². The highest BCUT2D eigenvalue weighted by molar-refractivity contribution is 5.92. The zero-order chi connectivity index (χ0) is 19.0. The molecule has 136 valence electrons. The molecule has 0 aliphatic rings. The molecule has 0 aromatic rings. The lowest BCUT2D eigenvalue weighted by molar-refractivity contribution is -0.123. The van der Waals surface area contributed by atoms with Crippen LogP contribution in [0, 0.1) is 34.0 Å². The Morgan fingerprint density at radius 2 is 1.28 bits per heavy atom. The summed E-state index contributed by atoms with van der Waals surface area (Å²) in [5.41, 5.74) is -0.688. The Labute approximate surface area is 148 Å². The van der Waals surface area contributed by atoms with Crippen molar-refractivity contribution >= 4 is 5.91 Å². The maximum Gasteiger partial charge on any atom is 0.246 e. The Hall–Kier alpha value is -2.44. The number of nitrogens with one attached hydrogen (secondary N) is 1. The van der Waals surface area contributed by atoms with E-state index in [1.807, 2.05) is 18.2 Å². The van der Waals surface area contributed by atoms with E-state index in [2.05, 4.69) is 11.9 Å². The first-order valence-corrected chi connectivity index (χ1v) is 7.83. The first kappa shape index (κ1) is 22.6. The Morgan fingerprint density at radius 3 is 1.56 bits per heavy atom. The van der Waals surface area contributed by atoms with Gasteiger partial charge in [0.15, 0.2) is 0 Å². The summed E-state index contributed by atoms with van der Waals surface area (Å²) >= 11 is 0. The number of nitrogens with zero attached hydrogens (tertiary/aromatic N) is 3. The van der Waals surface area contributed by atoms with Crippen molar-refractivity contribution in [2.45, 2.75) is 31.7 Å². The highest BCUT2D eigenvalue weighted by Gasteiger charge is 2.33. The van der Waals surface area contributed by atoms with Gasteiger partial charge in [0.05, 0.1) is 77.1 Å². The number of hydrogen-bond donors (Lipinski definition) is 1. The first-order chi connectivity index (χ1) is 12.0. The molecule has 25 heavy (non-hydrogen) atoms.